The number of nitrogens with zero attached hydrogens (tertiary/aromatic N) is 2. The monoisotopic (exact) mass is 650 g/mol. The van der Waals surface area contributed by atoms with Crippen LogP contribution in [0.25, 0.3) is 88.5 Å². The van der Waals surface area contributed by atoms with Gasteiger partial charge in [-0.25, -0.2) is 9.97 Å². The zero-order valence-corrected chi connectivity index (χ0v) is 28.6. The van der Waals surface area contributed by atoms with Crippen LogP contribution in [0, 0.1) is 0 Å². The minimum atomic E-state index is -0.152. The van der Waals surface area contributed by atoms with Gasteiger partial charge in [0.2, 0.25) is 0 Å². The maximum Gasteiger partial charge on any atom is 0.160 e. The Kier molecular flexibility index (Phi) is 6.56. The van der Waals surface area contributed by atoms with Crippen LogP contribution in [0.15, 0.2) is 170 Å². The van der Waals surface area contributed by atoms with Crippen LogP contribution in [0.1, 0.15) is 25.0 Å². The summed E-state index contributed by atoms with van der Waals surface area (Å²) in [6.07, 6.45) is 0. The molecule has 240 valence electrons. The molecule has 0 fully saturated rings. The second-order valence-corrected chi connectivity index (χ2v) is 14.2. The molecule has 1 heterocycles. The third-order valence-electron chi connectivity index (χ3n) is 10.8. The SMILES string of the molecule is CC1(C)c2ccccc2-c2ccc3c(c(-c4ccc(-c5cc(-c6ccccc6)nc(-c6ccccc6)n5)cc4)cc4ccc5ccccc5c43)c21. The fourth-order valence-electron chi connectivity index (χ4n) is 8.42. The number of hydrogen-bond acceptors (Lipinski definition) is 2. The van der Waals surface area contributed by atoms with Gasteiger partial charge in [0.15, 0.2) is 5.82 Å². The Morgan fingerprint density at radius 1 is 0.392 bits per heavy atom. The van der Waals surface area contributed by atoms with Gasteiger partial charge in [-0.1, -0.05) is 172 Å². The smallest absolute Gasteiger partial charge is 0.160 e. The van der Waals surface area contributed by atoms with Gasteiger partial charge < -0.3 is 0 Å². The van der Waals surface area contributed by atoms with Gasteiger partial charge in [-0.15, -0.1) is 0 Å². The molecule has 1 aliphatic rings. The summed E-state index contributed by atoms with van der Waals surface area (Å²) >= 11 is 0. The van der Waals surface area contributed by atoms with Gasteiger partial charge in [-0.2, -0.15) is 0 Å². The van der Waals surface area contributed by atoms with Crippen molar-refractivity contribution >= 4 is 32.3 Å². The van der Waals surface area contributed by atoms with Crippen molar-refractivity contribution in [1.82, 2.24) is 9.97 Å². The summed E-state index contributed by atoms with van der Waals surface area (Å²) in [5, 5.41) is 7.78. The van der Waals surface area contributed by atoms with E-state index < -0.39 is 0 Å². The van der Waals surface area contributed by atoms with Gasteiger partial charge in [-0.05, 0) is 77.8 Å². The van der Waals surface area contributed by atoms with Crippen molar-refractivity contribution < 1.29 is 0 Å². The summed E-state index contributed by atoms with van der Waals surface area (Å²) in [4.78, 5) is 10.1. The van der Waals surface area contributed by atoms with E-state index in [1.807, 2.05) is 24.3 Å². The summed E-state index contributed by atoms with van der Waals surface area (Å²) < 4.78 is 0. The van der Waals surface area contributed by atoms with Gasteiger partial charge in [0.25, 0.3) is 0 Å². The minimum Gasteiger partial charge on any atom is -0.228 e. The van der Waals surface area contributed by atoms with Crippen molar-refractivity contribution in [2.24, 2.45) is 0 Å². The highest BCUT2D eigenvalue weighted by Crippen LogP contribution is 2.54. The first-order valence-corrected chi connectivity index (χ1v) is 17.7. The van der Waals surface area contributed by atoms with Gasteiger partial charge in [0, 0.05) is 22.1 Å². The van der Waals surface area contributed by atoms with E-state index in [2.05, 4.69) is 159 Å². The number of fused-ring (bicyclic) bond motifs is 9. The highest BCUT2D eigenvalue weighted by Gasteiger charge is 2.37. The predicted molar refractivity (Wildman–Crippen MR) is 214 cm³/mol. The average molecular weight is 651 g/mol. The highest BCUT2D eigenvalue weighted by atomic mass is 14.9. The normalized spacial score (nSPS) is 13.1. The maximum atomic E-state index is 5.10. The highest BCUT2D eigenvalue weighted by molar-refractivity contribution is 6.25. The molecule has 51 heavy (non-hydrogen) atoms. The average Bonchev–Trinajstić information content (AvgIpc) is 3.44. The summed E-state index contributed by atoms with van der Waals surface area (Å²) in [5.41, 5.74) is 12.7. The van der Waals surface area contributed by atoms with Gasteiger partial charge in [-0.3, -0.25) is 0 Å². The molecule has 0 unspecified atom stereocenters. The van der Waals surface area contributed by atoms with E-state index in [0.29, 0.717) is 0 Å². The lowest BCUT2D eigenvalue weighted by atomic mass is 9.77. The summed E-state index contributed by atoms with van der Waals surface area (Å²) in [5.74, 6) is 0.723. The summed E-state index contributed by atoms with van der Waals surface area (Å²) in [6, 6.07) is 61.1. The Morgan fingerprint density at radius 2 is 1.00 bits per heavy atom. The fourth-order valence-corrected chi connectivity index (χ4v) is 8.42. The molecular formula is C49H34N2. The molecule has 0 amide bonds. The lowest BCUT2D eigenvalue weighted by Crippen LogP contribution is -2.15. The molecule has 0 spiro atoms. The molecule has 0 aliphatic heterocycles. The number of aromatic nitrogens is 2. The van der Waals surface area contributed by atoms with Crippen molar-refractivity contribution in [2.45, 2.75) is 19.3 Å². The van der Waals surface area contributed by atoms with E-state index in [4.69, 9.17) is 9.97 Å². The first-order chi connectivity index (χ1) is 25.0. The largest absolute Gasteiger partial charge is 0.228 e. The molecule has 0 N–H and O–H groups in total. The molecule has 0 bridgehead atoms. The van der Waals surface area contributed by atoms with Crippen LogP contribution in [-0.2, 0) is 5.41 Å². The van der Waals surface area contributed by atoms with Crippen molar-refractivity contribution in [1.29, 1.82) is 0 Å². The van der Waals surface area contributed by atoms with Crippen LogP contribution in [0.3, 0.4) is 0 Å². The first kappa shape index (κ1) is 29.5. The van der Waals surface area contributed by atoms with E-state index in [1.54, 1.807) is 0 Å². The van der Waals surface area contributed by atoms with Gasteiger partial charge >= 0.3 is 0 Å². The summed E-state index contributed by atoms with van der Waals surface area (Å²) in [6.45, 7) is 4.78. The maximum absolute atomic E-state index is 5.10. The molecule has 9 aromatic rings. The van der Waals surface area contributed by atoms with Crippen molar-refractivity contribution in [3.63, 3.8) is 0 Å². The number of benzene rings is 8. The van der Waals surface area contributed by atoms with Gasteiger partial charge in [0.1, 0.15) is 0 Å². The third-order valence-corrected chi connectivity index (χ3v) is 10.8. The lowest BCUT2D eigenvalue weighted by Gasteiger charge is -2.25. The zero-order valence-electron chi connectivity index (χ0n) is 28.6. The van der Waals surface area contributed by atoms with Crippen LogP contribution in [0.4, 0.5) is 0 Å². The molecule has 8 aromatic carbocycles. The molecular weight excluding hydrogens is 617 g/mol. The van der Waals surface area contributed by atoms with Gasteiger partial charge in [0.05, 0.1) is 11.4 Å². The standard InChI is InChI=1S/C49H34N2/c1-49(2)42-20-12-11-19-38(42)39-27-28-40-45-36(26-23-31-13-9-10-18-37(31)45)29-41(46(40)47(39)49)32-21-24-34(25-22-32)44-30-43(33-14-5-3-6-15-33)50-48(51-44)35-16-7-4-8-17-35/h3-30H,1-2H3. The Morgan fingerprint density at radius 3 is 1.76 bits per heavy atom. The fraction of sp³-hybridized carbons (Fsp3) is 0.0612. The first-order valence-electron chi connectivity index (χ1n) is 17.7. The van der Waals surface area contributed by atoms with Crippen LogP contribution in [-0.4, -0.2) is 9.97 Å². The molecule has 0 atom stereocenters. The van der Waals surface area contributed by atoms with E-state index in [0.717, 1.165) is 33.9 Å². The van der Waals surface area contributed by atoms with Crippen LogP contribution in [0.5, 0.6) is 0 Å². The topological polar surface area (TPSA) is 25.8 Å². The van der Waals surface area contributed by atoms with Crippen LogP contribution >= 0.6 is 0 Å². The lowest BCUT2D eigenvalue weighted by molar-refractivity contribution is 0.666. The van der Waals surface area contributed by atoms with Crippen molar-refractivity contribution in [3.8, 4) is 56.2 Å². The molecule has 0 saturated carbocycles. The second kappa shape index (κ2) is 11.3. The molecule has 2 heteroatoms. The van der Waals surface area contributed by atoms with Crippen LogP contribution in [0.2, 0.25) is 0 Å². The Balaban J connectivity index is 1.20. The van der Waals surface area contributed by atoms with Crippen LogP contribution < -0.4 is 0 Å². The Bertz CT molecular complexity index is 2740. The predicted octanol–water partition coefficient (Wildman–Crippen LogP) is 12.9. The molecule has 2 nitrogen and oxygen atoms in total. The second-order valence-electron chi connectivity index (χ2n) is 14.2. The number of rotatable bonds is 4. The zero-order chi connectivity index (χ0) is 34.1. The van der Waals surface area contributed by atoms with E-state index in [-0.39, 0.29) is 5.41 Å². The quantitative estimate of drug-likeness (QED) is 0.177. The molecule has 1 aromatic heterocycles. The Labute approximate surface area is 297 Å². The molecule has 0 radical (unpaired) electrons. The molecule has 1 aliphatic carbocycles. The number of hydrogen-bond donors (Lipinski definition) is 0. The summed E-state index contributed by atoms with van der Waals surface area (Å²) in [7, 11) is 0. The van der Waals surface area contributed by atoms with Crippen molar-refractivity contribution in [2.75, 3.05) is 0 Å². The third kappa shape index (κ3) is 4.64. The van der Waals surface area contributed by atoms with E-state index >= 15 is 0 Å². The van der Waals surface area contributed by atoms with Crippen molar-refractivity contribution in [3.05, 3.63) is 181 Å². The van der Waals surface area contributed by atoms with E-state index in [1.165, 1.54) is 65.7 Å². The Hall–Kier alpha value is -6.38. The molecule has 10 rings (SSSR count). The van der Waals surface area contributed by atoms with E-state index in [9.17, 15) is 0 Å². The minimum absolute atomic E-state index is 0.152. The molecule has 0 saturated heterocycles.